The lowest BCUT2D eigenvalue weighted by Gasteiger charge is -2.21. The number of anilines is 1. The van der Waals surface area contributed by atoms with Crippen molar-refractivity contribution in [2.45, 2.75) is 19.8 Å². The Morgan fingerprint density at radius 1 is 0.970 bits per heavy atom. The predicted molar refractivity (Wildman–Crippen MR) is 127 cm³/mol. The van der Waals surface area contributed by atoms with E-state index < -0.39 is 0 Å². The summed E-state index contributed by atoms with van der Waals surface area (Å²) in [5, 5.41) is 1.31. The number of amides is 2. The molecule has 0 saturated carbocycles. The van der Waals surface area contributed by atoms with Crippen molar-refractivity contribution >= 4 is 40.0 Å². The van der Waals surface area contributed by atoms with E-state index in [1.54, 1.807) is 49.8 Å². The molecule has 0 bridgehead atoms. The first-order valence-electron chi connectivity index (χ1n) is 10.4. The minimum absolute atomic E-state index is 0.156. The summed E-state index contributed by atoms with van der Waals surface area (Å²) in [4.78, 5) is 41.8. The van der Waals surface area contributed by atoms with Gasteiger partial charge in [0.05, 0.1) is 5.69 Å². The van der Waals surface area contributed by atoms with Gasteiger partial charge in [-0.1, -0.05) is 11.6 Å². The second-order valence-electron chi connectivity index (χ2n) is 8.04. The molecule has 2 aromatic carbocycles. The van der Waals surface area contributed by atoms with Crippen molar-refractivity contribution in [1.29, 1.82) is 0 Å². The summed E-state index contributed by atoms with van der Waals surface area (Å²) in [7, 11) is 1.68. The number of aryl methyl sites for hydroxylation is 2. The van der Waals surface area contributed by atoms with Crippen molar-refractivity contribution in [3.63, 3.8) is 0 Å². The van der Waals surface area contributed by atoms with Gasteiger partial charge in [-0.05, 0) is 55.0 Å². The Hall–Kier alpha value is -3.84. The van der Waals surface area contributed by atoms with Crippen LogP contribution in [0.15, 0.2) is 59.7 Å². The van der Waals surface area contributed by atoms with Crippen LogP contribution < -0.4 is 15.2 Å². The van der Waals surface area contributed by atoms with Gasteiger partial charge < -0.3 is 14.3 Å². The molecular weight excluding hydrogens is 442 g/mol. The van der Waals surface area contributed by atoms with Crippen LogP contribution >= 0.6 is 11.6 Å². The highest BCUT2D eigenvalue weighted by Crippen LogP contribution is 2.41. The lowest BCUT2D eigenvalue weighted by Crippen LogP contribution is -2.29. The molecule has 0 radical (unpaired) electrons. The minimum Gasteiger partial charge on any atom is -0.457 e. The summed E-state index contributed by atoms with van der Waals surface area (Å²) >= 11 is 6.01. The zero-order valence-electron chi connectivity index (χ0n) is 18.0. The summed E-state index contributed by atoms with van der Waals surface area (Å²) in [6.07, 6.45) is 3.82. The number of rotatable bonds is 4. The van der Waals surface area contributed by atoms with E-state index in [0.29, 0.717) is 38.7 Å². The van der Waals surface area contributed by atoms with E-state index in [1.807, 2.05) is 19.1 Å². The molecule has 0 unspecified atom stereocenters. The second-order valence-corrected chi connectivity index (χ2v) is 8.48. The average Bonchev–Trinajstić information content (AvgIpc) is 3.40. The van der Waals surface area contributed by atoms with E-state index in [4.69, 9.17) is 16.3 Å². The standard InChI is InChI=1S/C25H20ClN3O4/c1-14-11-21(33-16-5-3-15(26)4-6-16)18(12-20(14)29-22(30)7-8-23(29)31)19-13-28(2)25(32)24-17(19)9-10-27-24/h3-6,9-13,27H,7-8H2,1-2H3. The quantitative estimate of drug-likeness (QED) is 0.436. The van der Waals surface area contributed by atoms with Gasteiger partial charge in [-0.15, -0.1) is 0 Å². The number of aromatic amines is 1. The number of imide groups is 1. The third kappa shape index (κ3) is 3.60. The van der Waals surface area contributed by atoms with Crippen molar-refractivity contribution in [2.24, 2.45) is 7.05 Å². The number of halogens is 1. The number of hydrogen-bond acceptors (Lipinski definition) is 4. The van der Waals surface area contributed by atoms with Crippen molar-refractivity contribution in [1.82, 2.24) is 9.55 Å². The number of carbonyl (C=O) groups is 2. The van der Waals surface area contributed by atoms with Gasteiger partial charge >= 0.3 is 0 Å². The SMILES string of the molecule is Cc1cc(Oc2ccc(Cl)cc2)c(-c2cn(C)c(=O)c3[nH]ccc23)cc1N1C(=O)CCC1=O. The number of pyridine rings is 1. The highest BCUT2D eigenvalue weighted by atomic mass is 35.5. The third-order valence-corrected chi connectivity index (χ3v) is 6.07. The van der Waals surface area contributed by atoms with Crippen LogP contribution in [0.2, 0.25) is 5.02 Å². The number of nitrogens with one attached hydrogen (secondary N) is 1. The Balaban J connectivity index is 1.76. The van der Waals surface area contributed by atoms with Gasteiger partial charge in [0, 0.05) is 53.8 Å². The van der Waals surface area contributed by atoms with Crippen LogP contribution in [0.5, 0.6) is 11.5 Å². The van der Waals surface area contributed by atoms with E-state index in [-0.39, 0.29) is 30.2 Å². The topological polar surface area (TPSA) is 84.4 Å². The molecule has 1 N–H and O–H groups in total. The van der Waals surface area contributed by atoms with E-state index in [9.17, 15) is 14.4 Å². The van der Waals surface area contributed by atoms with Gasteiger partial charge in [0.2, 0.25) is 11.8 Å². The van der Waals surface area contributed by atoms with Gasteiger partial charge in [-0.2, -0.15) is 0 Å². The fraction of sp³-hybridized carbons (Fsp3) is 0.160. The first-order chi connectivity index (χ1) is 15.8. The molecule has 1 aliphatic heterocycles. The Kier molecular flexibility index (Phi) is 5.06. The van der Waals surface area contributed by atoms with Crippen LogP contribution in [-0.2, 0) is 16.6 Å². The van der Waals surface area contributed by atoms with Crippen molar-refractivity contribution in [3.05, 3.63) is 75.8 Å². The highest BCUT2D eigenvalue weighted by Gasteiger charge is 2.32. The minimum atomic E-state index is -0.229. The van der Waals surface area contributed by atoms with Gasteiger partial charge in [0.25, 0.3) is 5.56 Å². The maximum Gasteiger partial charge on any atom is 0.274 e. The van der Waals surface area contributed by atoms with E-state index in [2.05, 4.69) is 4.98 Å². The smallest absolute Gasteiger partial charge is 0.274 e. The molecule has 0 aliphatic carbocycles. The monoisotopic (exact) mass is 461 g/mol. The molecule has 1 aliphatic rings. The van der Waals surface area contributed by atoms with Crippen LogP contribution in [0.25, 0.3) is 22.0 Å². The second kappa shape index (κ2) is 7.94. The first-order valence-corrected chi connectivity index (χ1v) is 10.8. The number of H-pyrrole nitrogens is 1. The predicted octanol–water partition coefficient (Wildman–Crippen LogP) is 4.94. The molecule has 5 rings (SSSR count). The summed E-state index contributed by atoms with van der Waals surface area (Å²) < 4.78 is 7.71. The average molecular weight is 462 g/mol. The molecule has 1 fully saturated rings. The van der Waals surface area contributed by atoms with Crippen LogP contribution in [0.4, 0.5) is 5.69 Å². The fourth-order valence-corrected chi connectivity index (χ4v) is 4.29. The summed E-state index contributed by atoms with van der Waals surface area (Å²) in [5.74, 6) is 0.649. The number of carbonyl (C=O) groups excluding carboxylic acids is 2. The molecular formula is C25H20ClN3O4. The fourth-order valence-electron chi connectivity index (χ4n) is 4.16. The van der Waals surface area contributed by atoms with Crippen molar-refractivity contribution < 1.29 is 14.3 Å². The number of fused-ring (bicyclic) bond motifs is 1. The molecule has 8 heteroatoms. The number of benzene rings is 2. The Morgan fingerprint density at radius 2 is 1.67 bits per heavy atom. The Bertz CT molecular complexity index is 1470. The normalized spacial score (nSPS) is 13.8. The van der Waals surface area contributed by atoms with E-state index in [1.165, 1.54) is 9.47 Å². The molecule has 4 aromatic rings. The zero-order chi connectivity index (χ0) is 23.3. The zero-order valence-corrected chi connectivity index (χ0v) is 18.8. The molecule has 166 valence electrons. The molecule has 2 aromatic heterocycles. The lowest BCUT2D eigenvalue weighted by molar-refractivity contribution is -0.121. The van der Waals surface area contributed by atoms with Gasteiger partial charge in [-0.25, -0.2) is 0 Å². The van der Waals surface area contributed by atoms with E-state index in [0.717, 1.165) is 11.1 Å². The summed E-state index contributed by atoms with van der Waals surface area (Å²) in [6, 6.07) is 12.4. The largest absolute Gasteiger partial charge is 0.457 e. The van der Waals surface area contributed by atoms with Crippen molar-refractivity contribution in [2.75, 3.05) is 4.90 Å². The Labute approximate surface area is 194 Å². The first kappa shape index (κ1) is 21.0. The lowest BCUT2D eigenvalue weighted by atomic mass is 9.99. The van der Waals surface area contributed by atoms with Crippen LogP contribution in [-0.4, -0.2) is 21.4 Å². The third-order valence-electron chi connectivity index (χ3n) is 5.82. The Morgan fingerprint density at radius 3 is 2.36 bits per heavy atom. The molecule has 0 atom stereocenters. The van der Waals surface area contributed by atoms with Gasteiger partial charge in [-0.3, -0.25) is 19.3 Å². The van der Waals surface area contributed by atoms with E-state index >= 15 is 0 Å². The summed E-state index contributed by atoms with van der Waals surface area (Å²) in [6.45, 7) is 1.83. The molecule has 2 amide bonds. The summed E-state index contributed by atoms with van der Waals surface area (Å²) in [5.41, 5.74) is 2.93. The maximum absolute atomic E-state index is 12.6. The molecule has 1 saturated heterocycles. The molecule has 3 heterocycles. The van der Waals surface area contributed by atoms with Crippen LogP contribution in [0.3, 0.4) is 0 Å². The number of hydrogen-bond donors (Lipinski definition) is 1. The highest BCUT2D eigenvalue weighted by molar-refractivity contribution is 6.30. The van der Waals surface area contributed by atoms with Gasteiger partial charge in [0.1, 0.15) is 17.0 Å². The molecule has 7 nitrogen and oxygen atoms in total. The van der Waals surface area contributed by atoms with Crippen LogP contribution in [0, 0.1) is 6.92 Å². The number of ether oxygens (including phenoxy) is 1. The molecule has 0 spiro atoms. The van der Waals surface area contributed by atoms with Crippen LogP contribution in [0.1, 0.15) is 18.4 Å². The number of nitrogens with zero attached hydrogens (tertiary/aromatic N) is 2. The molecule has 33 heavy (non-hydrogen) atoms. The maximum atomic E-state index is 12.6. The van der Waals surface area contributed by atoms with Crippen molar-refractivity contribution in [3.8, 4) is 22.6 Å². The number of aromatic nitrogens is 2. The van der Waals surface area contributed by atoms with Gasteiger partial charge in [0.15, 0.2) is 0 Å².